The maximum atomic E-state index is 4.69. The standard InChI is InChI=1S/C53H38N2S/c1-3-38(35-34-36(2)39-20-6-11-27-46(39)55-49-29-13-7-22-41(49)42-23-8-14-30-50(42)55)54(47-31-16-19-37-18-4-5-21-40(37)47)48-28-12-9-24-43(48)44-26-17-33-52-53(44)45-25-10-15-32-51(45)56-52/h3-35H,2H2,1H3/b35-34-,38-3+. The topological polar surface area (TPSA) is 8.17 Å². The second-order valence-corrected chi connectivity index (χ2v) is 15.2. The fourth-order valence-electron chi connectivity index (χ4n) is 8.40. The summed E-state index contributed by atoms with van der Waals surface area (Å²) in [7, 11) is 0. The van der Waals surface area contributed by atoms with E-state index < -0.39 is 0 Å². The molecule has 0 aliphatic heterocycles. The number of hydrogen-bond acceptors (Lipinski definition) is 2. The largest absolute Gasteiger partial charge is 0.310 e. The van der Waals surface area contributed by atoms with Gasteiger partial charge in [-0.05, 0) is 72.0 Å². The molecule has 0 fully saturated rings. The first-order valence-corrected chi connectivity index (χ1v) is 19.9. The molecule has 0 aliphatic rings. The number of thiophene rings is 1. The monoisotopic (exact) mass is 734 g/mol. The fourth-order valence-corrected chi connectivity index (χ4v) is 9.54. The lowest BCUT2D eigenvalue weighted by Gasteiger charge is -2.30. The molecule has 3 heteroatoms. The zero-order valence-corrected chi connectivity index (χ0v) is 31.9. The molecule has 0 amide bonds. The van der Waals surface area contributed by atoms with E-state index in [0.717, 1.165) is 33.9 Å². The Kier molecular flexibility index (Phi) is 8.43. The molecule has 0 aliphatic carbocycles. The lowest BCUT2D eigenvalue weighted by atomic mass is 9.96. The Bertz CT molecular complexity index is 3130. The van der Waals surface area contributed by atoms with Crippen molar-refractivity contribution in [1.29, 1.82) is 0 Å². The third kappa shape index (κ3) is 5.56. The summed E-state index contributed by atoms with van der Waals surface area (Å²) in [5, 5.41) is 7.45. The highest BCUT2D eigenvalue weighted by molar-refractivity contribution is 7.25. The van der Waals surface area contributed by atoms with Gasteiger partial charge in [-0.3, -0.25) is 0 Å². The second kappa shape index (κ2) is 14.0. The third-order valence-corrected chi connectivity index (χ3v) is 12.1. The van der Waals surface area contributed by atoms with Gasteiger partial charge in [-0.1, -0.05) is 158 Å². The quantitative estimate of drug-likeness (QED) is 0.141. The van der Waals surface area contributed by atoms with Crippen LogP contribution in [0.15, 0.2) is 212 Å². The van der Waals surface area contributed by atoms with Crippen molar-refractivity contribution in [3.8, 4) is 16.8 Å². The summed E-state index contributed by atoms with van der Waals surface area (Å²) in [6, 6.07) is 65.5. The highest BCUT2D eigenvalue weighted by atomic mass is 32.1. The van der Waals surface area contributed by atoms with Gasteiger partial charge >= 0.3 is 0 Å². The molecule has 10 rings (SSSR count). The number of fused-ring (bicyclic) bond motifs is 7. The van der Waals surface area contributed by atoms with Gasteiger partial charge in [0, 0.05) is 53.2 Å². The van der Waals surface area contributed by atoms with Crippen molar-refractivity contribution in [3.05, 3.63) is 218 Å². The average Bonchev–Trinajstić information content (AvgIpc) is 3.81. The first-order chi connectivity index (χ1) is 27.7. The fraction of sp³-hybridized carbons (Fsp3) is 0.0189. The number of aromatic nitrogens is 1. The number of nitrogens with zero attached hydrogens (tertiary/aromatic N) is 2. The van der Waals surface area contributed by atoms with Gasteiger partial charge in [0.25, 0.3) is 0 Å². The van der Waals surface area contributed by atoms with Gasteiger partial charge in [-0.25, -0.2) is 0 Å². The molecule has 2 heterocycles. The number of hydrogen-bond donors (Lipinski definition) is 0. The highest BCUT2D eigenvalue weighted by Gasteiger charge is 2.22. The van der Waals surface area contributed by atoms with Crippen molar-refractivity contribution in [3.63, 3.8) is 0 Å². The van der Waals surface area contributed by atoms with Gasteiger partial charge in [0.1, 0.15) is 0 Å². The van der Waals surface area contributed by atoms with Crippen molar-refractivity contribution in [2.24, 2.45) is 0 Å². The first-order valence-electron chi connectivity index (χ1n) is 19.1. The van der Waals surface area contributed by atoms with E-state index >= 15 is 0 Å². The molecule has 0 radical (unpaired) electrons. The number of allylic oxidation sites excluding steroid dienone is 4. The second-order valence-electron chi connectivity index (χ2n) is 14.1. The maximum absolute atomic E-state index is 4.69. The molecule has 0 atom stereocenters. The van der Waals surface area contributed by atoms with Crippen molar-refractivity contribution >= 4 is 81.0 Å². The Morgan fingerprint density at radius 2 is 1.09 bits per heavy atom. The van der Waals surface area contributed by atoms with E-state index in [9.17, 15) is 0 Å². The van der Waals surface area contributed by atoms with Crippen LogP contribution in [0.3, 0.4) is 0 Å². The van der Waals surface area contributed by atoms with Gasteiger partial charge < -0.3 is 9.47 Å². The van der Waals surface area contributed by atoms with E-state index in [2.05, 4.69) is 217 Å². The molecular formula is C53H38N2S. The molecule has 0 saturated carbocycles. The van der Waals surface area contributed by atoms with Crippen molar-refractivity contribution in [2.75, 3.05) is 4.90 Å². The van der Waals surface area contributed by atoms with Crippen LogP contribution in [-0.2, 0) is 0 Å². The smallest absolute Gasteiger partial charge is 0.0541 e. The maximum Gasteiger partial charge on any atom is 0.0541 e. The van der Waals surface area contributed by atoms with Crippen LogP contribution in [0.5, 0.6) is 0 Å². The van der Waals surface area contributed by atoms with Crippen LogP contribution < -0.4 is 4.90 Å². The van der Waals surface area contributed by atoms with E-state index in [1.54, 1.807) is 0 Å². The lowest BCUT2D eigenvalue weighted by molar-refractivity contribution is 1.17. The Balaban J connectivity index is 1.13. The van der Waals surface area contributed by atoms with Gasteiger partial charge in [0.2, 0.25) is 0 Å². The van der Waals surface area contributed by atoms with Crippen molar-refractivity contribution in [1.82, 2.24) is 4.57 Å². The Hall–Kier alpha value is -6.94. The van der Waals surface area contributed by atoms with Crippen LogP contribution in [0.2, 0.25) is 0 Å². The van der Waals surface area contributed by atoms with Crippen LogP contribution in [0.25, 0.3) is 75.1 Å². The SMILES string of the molecule is C=C(/C=C\C(=C/C)N(c1ccccc1-c1cccc2sc3ccccc3c12)c1cccc2ccccc12)c1ccccc1-n1c2ccccc2c2ccccc21. The predicted molar refractivity (Wildman–Crippen MR) is 244 cm³/mol. The summed E-state index contributed by atoms with van der Waals surface area (Å²) in [5.74, 6) is 0. The minimum Gasteiger partial charge on any atom is -0.310 e. The summed E-state index contributed by atoms with van der Waals surface area (Å²) in [6.45, 7) is 6.82. The minimum atomic E-state index is 0.933. The number of benzene rings is 8. The van der Waals surface area contributed by atoms with Crippen molar-refractivity contribution in [2.45, 2.75) is 6.92 Å². The van der Waals surface area contributed by atoms with Crippen LogP contribution >= 0.6 is 11.3 Å². The predicted octanol–water partition coefficient (Wildman–Crippen LogP) is 15.3. The van der Waals surface area contributed by atoms with E-state index in [0.29, 0.717) is 0 Å². The number of para-hydroxylation sites is 4. The van der Waals surface area contributed by atoms with Crippen LogP contribution in [0.1, 0.15) is 12.5 Å². The van der Waals surface area contributed by atoms with E-state index in [1.807, 2.05) is 11.3 Å². The Morgan fingerprint density at radius 1 is 0.518 bits per heavy atom. The summed E-state index contributed by atoms with van der Waals surface area (Å²) in [4.78, 5) is 2.42. The summed E-state index contributed by atoms with van der Waals surface area (Å²) in [5.41, 5.74) is 11.2. The van der Waals surface area contributed by atoms with Gasteiger partial charge in [0.05, 0.1) is 28.1 Å². The molecule has 266 valence electrons. The zero-order valence-electron chi connectivity index (χ0n) is 31.1. The summed E-state index contributed by atoms with van der Waals surface area (Å²) in [6.07, 6.45) is 6.61. The average molecular weight is 735 g/mol. The minimum absolute atomic E-state index is 0.933. The molecule has 0 unspecified atom stereocenters. The van der Waals surface area contributed by atoms with Gasteiger partial charge in [-0.15, -0.1) is 11.3 Å². The van der Waals surface area contributed by atoms with Crippen LogP contribution in [-0.4, -0.2) is 4.57 Å². The van der Waals surface area contributed by atoms with E-state index in [-0.39, 0.29) is 0 Å². The molecule has 10 aromatic rings. The number of anilines is 2. The molecule has 2 aromatic heterocycles. The molecule has 0 N–H and O–H groups in total. The lowest BCUT2D eigenvalue weighted by Crippen LogP contribution is -2.16. The molecule has 0 saturated heterocycles. The van der Waals surface area contributed by atoms with Crippen molar-refractivity contribution < 1.29 is 0 Å². The summed E-state index contributed by atoms with van der Waals surface area (Å²) >= 11 is 1.86. The molecule has 8 aromatic carbocycles. The third-order valence-electron chi connectivity index (χ3n) is 10.9. The van der Waals surface area contributed by atoms with Crippen LogP contribution in [0.4, 0.5) is 11.4 Å². The summed E-state index contributed by atoms with van der Waals surface area (Å²) < 4.78 is 4.97. The molecule has 56 heavy (non-hydrogen) atoms. The first kappa shape index (κ1) is 33.6. The highest BCUT2D eigenvalue weighted by Crippen LogP contribution is 2.46. The molecule has 0 spiro atoms. The Labute approximate surface area is 330 Å². The van der Waals surface area contributed by atoms with E-state index in [1.165, 1.54) is 63.9 Å². The van der Waals surface area contributed by atoms with Gasteiger partial charge in [-0.2, -0.15) is 0 Å². The molecule has 0 bridgehead atoms. The van der Waals surface area contributed by atoms with E-state index in [4.69, 9.17) is 6.58 Å². The molecular weight excluding hydrogens is 697 g/mol. The zero-order chi connectivity index (χ0) is 37.6. The van der Waals surface area contributed by atoms with Crippen LogP contribution in [0, 0.1) is 0 Å². The molecule has 2 nitrogen and oxygen atoms in total. The number of rotatable bonds is 8. The van der Waals surface area contributed by atoms with Gasteiger partial charge in [0.15, 0.2) is 0 Å². The normalized spacial score (nSPS) is 12.1. The Morgan fingerprint density at radius 3 is 1.89 bits per heavy atom.